The van der Waals surface area contributed by atoms with Crippen LogP contribution in [0.5, 0.6) is 0 Å². The lowest BCUT2D eigenvalue weighted by Crippen LogP contribution is -2.38. The van der Waals surface area contributed by atoms with Gasteiger partial charge in [0.05, 0.1) is 0 Å². The Morgan fingerprint density at radius 3 is 2.61 bits per heavy atom. The Hall–Kier alpha value is -1.09. The zero-order valence-corrected chi connectivity index (χ0v) is 12.1. The van der Waals surface area contributed by atoms with Crippen molar-refractivity contribution < 1.29 is 0 Å². The van der Waals surface area contributed by atoms with E-state index in [0.29, 0.717) is 12.1 Å². The molecule has 1 aliphatic rings. The standard InChI is InChI=1S/C15H25N3/c1-12(2)18-10-6-5-7-14(18)13-8-9-15(16-11-13)17(3)4/h8-9,11-12,14H,5-7,10H2,1-4H3/t14-/m1/s1. The molecule has 2 rings (SSSR count). The topological polar surface area (TPSA) is 19.4 Å². The van der Waals surface area contributed by atoms with Crippen LogP contribution in [0.2, 0.25) is 0 Å². The van der Waals surface area contributed by atoms with E-state index in [1.807, 2.05) is 19.0 Å². The Kier molecular flexibility index (Phi) is 4.23. The summed E-state index contributed by atoms with van der Waals surface area (Å²) in [7, 11) is 4.06. The molecule has 1 atom stereocenters. The zero-order valence-electron chi connectivity index (χ0n) is 12.1. The van der Waals surface area contributed by atoms with Gasteiger partial charge in [0.25, 0.3) is 0 Å². The van der Waals surface area contributed by atoms with Crippen LogP contribution in [0.25, 0.3) is 0 Å². The molecule has 0 unspecified atom stereocenters. The van der Waals surface area contributed by atoms with E-state index in [1.165, 1.54) is 31.4 Å². The first-order valence-corrected chi connectivity index (χ1v) is 6.98. The monoisotopic (exact) mass is 247 g/mol. The highest BCUT2D eigenvalue weighted by atomic mass is 15.2. The molecule has 0 radical (unpaired) electrons. The summed E-state index contributed by atoms with van der Waals surface area (Å²) in [5.41, 5.74) is 1.37. The van der Waals surface area contributed by atoms with Crippen LogP contribution in [-0.2, 0) is 0 Å². The number of anilines is 1. The number of likely N-dealkylation sites (tertiary alicyclic amines) is 1. The van der Waals surface area contributed by atoms with Gasteiger partial charge >= 0.3 is 0 Å². The van der Waals surface area contributed by atoms with Gasteiger partial charge in [-0.05, 0) is 44.9 Å². The van der Waals surface area contributed by atoms with Crippen molar-refractivity contribution in [3.8, 4) is 0 Å². The van der Waals surface area contributed by atoms with Crippen molar-refractivity contribution in [1.82, 2.24) is 9.88 Å². The lowest BCUT2D eigenvalue weighted by molar-refractivity contribution is 0.112. The van der Waals surface area contributed by atoms with Crippen molar-refractivity contribution in [3.63, 3.8) is 0 Å². The van der Waals surface area contributed by atoms with Gasteiger partial charge in [-0.2, -0.15) is 0 Å². The molecule has 0 aliphatic carbocycles. The van der Waals surface area contributed by atoms with Crippen molar-refractivity contribution in [3.05, 3.63) is 23.9 Å². The first kappa shape index (κ1) is 13.3. The first-order valence-electron chi connectivity index (χ1n) is 6.98. The number of hydrogen-bond donors (Lipinski definition) is 0. The summed E-state index contributed by atoms with van der Waals surface area (Å²) < 4.78 is 0. The van der Waals surface area contributed by atoms with Crippen LogP contribution >= 0.6 is 0 Å². The third-order valence-corrected chi connectivity index (χ3v) is 3.82. The quantitative estimate of drug-likeness (QED) is 0.818. The van der Waals surface area contributed by atoms with E-state index in [-0.39, 0.29) is 0 Å². The molecular weight excluding hydrogens is 222 g/mol. The van der Waals surface area contributed by atoms with Crippen molar-refractivity contribution in [2.75, 3.05) is 25.5 Å². The molecule has 1 aromatic heterocycles. The third kappa shape index (κ3) is 2.83. The van der Waals surface area contributed by atoms with Crippen molar-refractivity contribution in [1.29, 1.82) is 0 Å². The van der Waals surface area contributed by atoms with Gasteiger partial charge in [0.1, 0.15) is 5.82 Å². The minimum absolute atomic E-state index is 0.558. The summed E-state index contributed by atoms with van der Waals surface area (Å²) in [6.45, 7) is 5.80. The predicted molar refractivity (Wildman–Crippen MR) is 77.0 cm³/mol. The van der Waals surface area contributed by atoms with Gasteiger partial charge in [0.2, 0.25) is 0 Å². The highest BCUT2D eigenvalue weighted by Gasteiger charge is 2.25. The maximum Gasteiger partial charge on any atom is 0.127 e. The number of aromatic nitrogens is 1. The van der Waals surface area contributed by atoms with E-state index in [9.17, 15) is 0 Å². The molecule has 2 heterocycles. The average Bonchev–Trinajstić information content (AvgIpc) is 2.39. The minimum Gasteiger partial charge on any atom is -0.363 e. The maximum absolute atomic E-state index is 4.55. The molecule has 1 aromatic rings. The molecule has 1 fully saturated rings. The Balaban J connectivity index is 2.18. The number of hydrogen-bond acceptors (Lipinski definition) is 3. The van der Waals surface area contributed by atoms with Gasteiger partial charge in [0, 0.05) is 32.4 Å². The molecule has 0 saturated carbocycles. The van der Waals surface area contributed by atoms with E-state index in [2.05, 4.69) is 42.1 Å². The lowest BCUT2D eigenvalue weighted by Gasteiger charge is -2.38. The molecule has 0 aromatic carbocycles. The second-order valence-electron chi connectivity index (χ2n) is 5.69. The molecule has 100 valence electrons. The average molecular weight is 247 g/mol. The molecule has 3 nitrogen and oxygen atoms in total. The number of nitrogens with zero attached hydrogens (tertiary/aromatic N) is 3. The van der Waals surface area contributed by atoms with Crippen LogP contribution in [0.1, 0.15) is 44.7 Å². The smallest absolute Gasteiger partial charge is 0.127 e. The second-order valence-corrected chi connectivity index (χ2v) is 5.69. The van der Waals surface area contributed by atoms with E-state index < -0.39 is 0 Å². The SMILES string of the molecule is CC(C)N1CCCC[C@@H]1c1ccc(N(C)C)nc1. The Morgan fingerprint density at radius 1 is 1.28 bits per heavy atom. The molecule has 18 heavy (non-hydrogen) atoms. The summed E-state index contributed by atoms with van der Waals surface area (Å²) in [6, 6.07) is 5.54. The molecular formula is C15H25N3. The lowest BCUT2D eigenvalue weighted by atomic mass is 9.95. The van der Waals surface area contributed by atoms with Gasteiger partial charge in [-0.3, -0.25) is 4.90 Å². The van der Waals surface area contributed by atoms with Crippen molar-refractivity contribution in [2.24, 2.45) is 0 Å². The van der Waals surface area contributed by atoms with Gasteiger partial charge in [-0.25, -0.2) is 4.98 Å². The maximum atomic E-state index is 4.55. The fourth-order valence-corrected chi connectivity index (χ4v) is 2.79. The predicted octanol–water partition coefficient (Wildman–Crippen LogP) is 3.08. The first-order chi connectivity index (χ1) is 8.59. The summed E-state index contributed by atoms with van der Waals surface area (Å²) in [5, 5.41) is 0. The van der Waals surface area contributed by atoms with Crippen LogP contribution in [0, 0.1) is 0 Å². The van der Waals surface area contributed by atoms with Crippen LogP contribution in [0.3, 0.4) is 0 Å². The number of rotatable bonds is 3. The zero-order chi connectivity index (χ0) is 13.1. The van der Waals surface area contributed by atoms with E-state index in [1.54, 1.807) is 0 Å². The van der Waals surface area contributed by atoms with E-state index in [4.69, 9.17) is 0 Å². The van der Waals surface area contributed by atoms with Gasteiger partial charge in [-0.15, -0.1) is 0 Å². The normalized spacial score (nSPS) is 21.3. The highest BCUT2D eigenvalue weighted by molar-refractivity contribution is 5.37. The van der Waals surface area contributed by atoms with Gasteiger partial charge in [-0.1, -0.05) is 12.5 Å². The molecule has 1 saturated heterocycles. The fraction of sp³-hybridized carbons (Fsp3) is 0.667. The summed E-state index contributed by atoms with van der Waals surface area (Å²) >= 11 is 0. The van der Waals surface area contributed by atoms with E-state index >= 15 is 0 Å². The minimum atomic E-state index is 0.558. The van der Waals surface area contributed by atoms with E-state index in [0.717, 1.165) is 5.82 Å². The molecule has 0 bridgehead atoms. The molecule has 3 heteroatoms. The summed E-state index contributed by atoms with van der Waals surface area (Å²) in [4.78, 5) is 9.20. The third-order valence-electron chi connectivity index (χ3n) is 3.82. The van der Waals surface area contributed by atoms with Crippen LogP contribution in [0.15, 0.2) is 18.3 Å². The van der Waals surface area contributed by atoms with Crippen molar-refractivity contribution in [2.45, 2.75) is 45.2 Å². The van der Waals surface area contributed by atoms with Gasteiger partial charge < -0.3 is 4.90 Å². The Bertz CT molecular complexity index is 370. The van der Waals surface area contributed by atoms with Crippen LogP contribution in [-0.4, -0.2) is 36.6 Å². The molecule has 0 spiro atoms. The summed E-state index contributed by atoms with van der Waals surface area (Å²) in [5.74, 6) is 1.03. The fourth-order valence-electron chi connectivity index (χ4n) is 2.79. The molecule has 1 aliphatic heterocycles. The Morgan fingerprint density at radius 2 is 2.06 bits per heavy atom. The van der Waals surface area contributed by atoms with Gasteiger partial charge in [0.15, 0.2) is 0 Å². The summed E-state index contributed by atoms with van der Waals surface area (Å²) in [6.07, 6.45) is 5.99. The molecule has 0 amide bonds. The van der Waals surface area contributed by atoms with Crippen molar-refractivity contribution >= 4 is 5.82 Å². The Labute approximate surface area is 111 Å². The van der Waals surface area contributed by atoms with Crippen LogP contribution in [0.4, 0.5) is 5.82 Å². The highest BCUT2D eigenvalue weighted by Crippen LogP contribution is 2.32. The molecule has 0 N–H and O–H groups in total. The number of pyridine rings is 1. The number of piperidine rings is 1. The van der Waals surface area contributed by atoms with Crippen LogP contribution < -0.4 is 4.90 Å². The largest absolute Gasteiger partial charge is 0.363 e. The second kappa shape index (κ2) is 5.70.